The van der Waals surface area contributed by atoms with Crippen molar-refractivity contribution in [3.8, 4) is 0 Å². The molecule has 0 aromatic carbocycles. The second kappa shape index (κ2) is 6.21. The molecular formula is C10H17Br2NO2. The van der Waals surface area contributed by atoms with Crippen LogP contribution in [0.1, 0.15) is 19.8 Å². The molecule has 15 heavy (non-hydrogen) atoms. The Kier molecular flexibility index (Phi) is 5.57. The van der Waals surface area contributed by atoms with E-state index in [1.807, 2.05) is 6.92 Å². The Hall–Kier alpha value is 0.390. The molecule has 0 spiro atoms. The van der Waals surface area contributed by atoms with Crippen molar-refractivity contribution in [3.63, 3.8) is 0 Å². The fourth-order valence-corrected chi connectivity index (χ4v) is 2.67. The molecule has 88 valence electrons. The number of ether oxygens (including phenoxy) is 1. The lowest BCUT2D eigenvalue weighted by Crippen LogP contribution is -2.51. The highest BCUT2D eigenvalue weighted by molar-refractivity contribution is 9.09. The summed E-state index contributed by atoms with van der Waals surface area (Å²) in [5.41, 5.74) is -0.199. The number of alkyl halides is 2. The fraction of sp³-hybridized carbons (Fsp3) is 0.900. The summed E-state index contributed by atoms with van der Waals surface area (Å²) in [6, 6.07) is 0. The molecule has 1 aliphatic rings. The van der Waals surface area contributed by atoms with Crippen LogP contribution in [-0.4, -0.2) is 35.3 Å². The van der Waals surface area contributed by atoms with Crippen LogP contribution in [0.25, 0.3) is 0 Å². The van der Waals surface area contributed by atoms with Crippen LogP contribution in [0.4, 0.5) is 0 Å². The Balaban J connectivity index is 2.46. The average molecular weight is 343 g/mol. The van der Waals surface area contributed by atoms with Crippen LogP contribution >= 0.6 is 31.9 Å². The van der Waals surface area contributed by atoms with Gasteiger partial charge in [-0.05, 0) is 19.8 Å². The monoisotopic (exact) mass is 341 g/mol. The lowest BCUT2D eigenvalue weighted by molar-refractivity contribution is -0.129. The lowest BCUT2D eigenvalue weighted by atomic mass is 9.97. The highest BCUT2D eigenvalue weighted by Gasteiger charge is 2.28. The van der Waals surface area contributed by atoms with E-state index in [2.05, 4.69) is 37.2 Å². The number of halogens is 2. The van der Waals surface area contributed by atoms with Crippen LogP contribution in [0.2, 0.25) is 0 Å². The zero-order valence-electron chi connectivity index (χ0n) is 8.89. The molecule has 1 saturated heterocycles. The van der Waals surface area contributed by atoms with Crippen LogP contribution in [0.5, 0.6) is 0 Å². The smallest absolute Gasteiger partial charge is 0.223 e. The van der Waals surface area contributed by atoms with Gasteiger partial charge < -0.3 is 10.1 Å². The molecule has 0 aromatic rings. The first-order valence-electron chi connectivity index (χ1n) is 5.13. The highest BCUT2D eigenvalue weighted by Crippen LogP contribution is 2.18. The minimum atomic E-state index is -0.199. The van der Waals surface area contributed by atoms with E-state index in [4.69, 9.17) is 4.74 Å². The molecule has 0 unspecified atom stereocenters. The zero-order valence-corrected chi connectivity index (χ0v) is 12.1. The van der Waals surface area contributed by atoms with Crippen LogP contribution in [0, 0.1) is 5.92 Å². The Morgan fingerprint density at radius 3 is 2.40 bits per heavy atom. The number of hydrogen-bond donors (Lipinski definition) is 1. The van der Waals surface area contributed by atoms with Gasteiger partial charge in [0.1, 0.15) is 0 Å². The number of amides is 1. The first-order valence-corrected chi connectivity index (χ1v) is 7.37. The molecule has 0 aromatic heterocycles. The second-order valence-electron chi connectivity index (χ2n) is 4.20. The van der Waals surface area contributed by atoms with Crippen LogP contribution in [-0.2, 0) is 9.53 Å². The van der Waals surface area contributed by atoms with E-state index in [0.717, 1.165) is 23.5 Å². The van der Waals surface area contributed by atoms with E-state index < -0.39 is 0 Å². The van der Waals surface area contributed by atoms with Crippen molar-refractivity contribution in [1.29, 1.82) is 0 Å². The summed E-state index contributed by atoms with van der Waals surface area (Å²) >= 11 is 6.83. The third kappa shape index (κ3) is 4.04. The summed E-state index contributed by atoms with van der Waals surface area (Å²) in [5.74, 6) is 0.274. The topological polar surface area (TPSA) is 38.3 Å². The Morgan fingerprint density at radius 2 is 1.93 bits per heavy atom. The summed E-state index contributed by atoms with van der Waals surface area (Å²) in [4.78, 5) is 11.9. The van der Waals surface area contributed by atoms with Gasteiger partial charge in [-0.1, -0.05) is 31.9 Å². The predicted molar refractivity (Wildman–Crippen MR) is 67.7 cm³/mol. The molecule has 1 rings (SSSR count). The SMILES string of the molecule is CC(CBr)(CBr)NC(=O)C1CCOCC1. The van der Waals surface area contributed by atoms with E-state index in [1.165, 1.54) is 0 Å². The van der Waals surface area contributed by atoms with Crippen molar-refractivity contribution in [3.05, 3.63) is 0 Å². The second-order valence-corrected chi connectivity index (χ2v) is 5.33. The highest BCUT2D eigenvalue weighted by atomic mass is 79.9. The van der Waals surface area contributed by atoms with E-state index in [-0.39, 0.29) is 17.4 Å². The van der Waals surface area contributed by atoms with Gasteiger partial charge in [0.05, 0.1) is 5.54 Å². The Morgan fingerprint density at radius 1 is 1.40 bits per heavy atom. The molecule has 1 fully saturated rings. The average Bonchev–Trinajstić information content (AvgIpc) is 2.30. The minimum Gasteiger partial charge on any atom is -0.381 e. The van der Waals surface area contributed by atoms with Gasteiger partial charge in [0, 0.05) is 29.8 Å². The number of rotatable bonds is 4. The van der Waals surface area contributed by atoms with Crippen molar-refractivity contribution in [2.24, 2.45) is 5.92 Å². The van der Waals surface area contributed by atoms with Gasteiger partial charge in [0.25, 0.3) is 0 Å². The maximum absolute atomic E-state index is 11.9. The Labute approximate surface area is 108 Å². The van der Waals surface area contributed by atoms with Crippen molar-refractivity contribution in [1.82, 2.24) is 5.32 Å². The maximum Gasteiger partial charge on any atom is 0.223 e. The molecule has 0 radical (unpaired) electrons. The number of hydrogen-bond acceptors (Lipinski definition) is 2. The summed E-state index contributed by atoms with van der Waals surface area (Å²) < 4.78 is 5.23. The summed E-state index contributed by atoms with van der Waals surface area (Å²) in [7, 11) is 0. The van der Waals surface area contributed by atoms with Crippen LogP contribution in [0.15, 0.2) is 0 Å². The van der Waals surface area contributed by atoms with Crippen LogP contribution in [0.3, 0.4) is 0 Å². The number of carbonyl (C=O) groups is 1. The quantitative estimate of drug-likeness (QED) is 0.794. The van der Waals surface area contributed by atoms with E-state index in [9.17, 15) is 4.79 Å². The number of nitrogens with one attached hydrogen (secondary N) is 1. The lowest BCUT2D eigenvalue weighted by Gasteiger charge is -2.30. The van der Waals surface area contributed by atoms with Crippen molar-refractivity contribution >= 4 is 37.8 Å². The molecule has 0 bridgehead atoms. The molecule has 0 atom stereocenters. The molecule has 3 nitrogen and oxygen atoms in total. The molecule has 1 aliphatic heterocycles. The molecule has 1 N–H and O–H groups in total. The largest absolute Gasteiger partial charge is 0.381 e. The maximum atomic E-state index is 11.9. The van der Waals surface area contributed by atoms with Gasteiger partial charge in [-0.3, -0.25) is 4.79 Å². The fourth-order valence-electron chi connectivity index (χ4n) is 1.46. The molecule has 5 heteroatoms. The third-order valence-electron chi connectivity index (χ3n) is 2.61. The molecular weight excluding hydrogens is 326 g/mol. The molecule has 1 heterocycles. The van der Waals surface area contributed by atoms with Gasteiger partial charge in [0.15, 0.2) is 0 Å². The summed E-state index contributed by atoms with van der Waals surface area (Å²) in [6.07, 6.45) is 1.68. The Bertz CT molecular complexity index is 213. The summed E-state index contributed by atoms with van der Waals surface area (Å²) in [6.45, 7) is 3.43. The van der Waals surface area contributed by atoms with Gasteiger partial charge in [-0.15, -0.1) is 0 Å². The number of carbonyl (C=O) groups excluding carboxylic acids is 1. The first kappa shape index (κ1) is 13.5. The van der Waals surface area contributed by atoms with E-state index in [0.29, 0.717) is 13.2 Å². The van der Waals surface area contributed by atoms with E-state index in [1.54, 1.807) is 0 Å². The molecule has 0 saturated carbocycles. The van der Waals surface area contributed by atoms with Crippen molar-refractivity contribution in [2.75, 3.05) is 23.9 Å². The zero-order chi connectivity index (χ0) is 11.3. The predicted octanol–water partition coefficient (Wildman–Crippen LogP) is 2.08. The van der Waals surface area contributed by atoms with Gasteiger partial charge in [0.2, 0.25) is 5.91 Å². The molecule has 0 aliphatic carbocycles. The van der Waals surface area contributed by atoms with Gasteiger partial charge in [-0.25, -0.2) is 0 Å². The minimum absolute atomic E-state index is 0.121. The first-order chi connectivity index (χ1) is 7.11. The van der Waals surface area contributed by atoms with Crippen molar-refractivity contribution in [2.45, 2.75) is 25.3 Å². The van der Waals surface area contributed by atoms with Crippen molar-refractivity contribution < 1.29 is 9.53 Å². The van der Waals surface area contributed by atoms with Gasteiger partial charge >= 0.3 is 0 Å². The third-order valence-corrected chi connectivity index (χ3v) is 5.08. The summed E-state index contributed by atoms with van der Waals surface area (Å²) in [5, 5.41) is 4.57. The van der Waals surface area contributed by atoms with Crippen LogP contribution < -0.4 is 5.32 Å². The normalized spacial score (nSPS) is 18.9. The molecule has 1 amide bonds. The standard InChI is InChI=1S/C10H17Br2NO2/c1-10(6-11,7-12)13-9(14)8-2-4-15-5-3-8/h8H,2-7H2,1H3,(H,13,14). The van der Waals surface area contributed by atoms with Gasteiger partial charge in [-0.2, -0.15) is 0 Å². The van der Waals surface area contributed by atoms with E-state index >= 15 is 0 Å².